The van der Waals surface area contributed by atoms with E-state index in [0.29, 0.717) is 30.2 Å². The quantitative estimate of drug-likeness (QED) is 0.625. The van der Waals surface area contributed by atoms with E-state index in [1.165, 1.54) is 12.1 Å². The lowest BCUT2D eigenvalue weighted by molar-refractivity contribution is -0.130. The smallest absolute Gasteiger partial charge is 0.254 e. The van der Waals surface area contributed by atoms with Gasteiger partial charge in [-0.2, -0.15) is 0 Å². The van der Waals surface area contributed by atoms with Crippen LogP contribution in [0.4, 0.5) is 4.39 Å². The Balaban J connectivity index is 1.35. The summed E-state index contributed by atoms with van der Waals surface area (Å²) in [6, 6.07) is 13.5. The third-order valence-electron chi connectivity index (χ3n) is 6.07. The molecule has 0 bridgehead atoms. The Hall–Kier alpha value is -2.09. The molecule has 0 aliphatic carbocycles. The fourth-order valence-corrected chi connectivity index (χ4v) is 6.00. The summed E-state index contributed by atoms with van der Waals surface area (Å²) in [6.45, 7) is 6.03. The van der Waals surface area contributed by atoms with Crippen LogP contribution in [0.25, 0.3) is 0 Å². The molecule has 2 heterocycles. The molecule has 0 saturated carbocycles. The number of carbonyl (C=O) groups excluding carboxylic acids is 2. The summed E-state index contributed by atoms with van der Waals surface area (Å²) < 4.78 is 13.4. The van der Waals surface area contributed by atoms with Gasteiger partial charge in [0.1, 0.15) is 11.2 Å². The van der Waals surface area contributed by atoms with Gasteiger partial charge in [-0.05, 0) is 30.7 Å². The van der Waals surface area contributed by atoms with Gasteiger partial charge in [-0.1, -0.05) is 42.8 Å². The van der Waals surface area contributed by atoms with Crippen molar-refractivity contribution in [2.24, 2.45) is 0 Å². The number of nitrogens with zero attached hydrogens (tertiary/aromatic N) is 3. The molecule has 0 radical (unpaired) electrons. The van der Waals surface area contributed by atoms with Crippen molar-refractivity contribution < 1.29 is 14.0 Å². The van der Waals surface area contributed by atoms with Crippen LogP contribution in [-0.2, 0) is 4.79 Å². The second-order valence-electron chi connectivity index (χ2n) is 8.08. The number of rotatable bonds is 6. The van der Waals surface area contributed by atoms with Crippen LogP contribution < -0.4 is 0 Å². The van der Waals surface area contributed by atoms with Crippen molar-refractivity contribution in [3.8, 4) is 0 Å². The van der Waals surface area contributed by atoms with Crippen LogP contribution in [0.3, 0.4) is 0 Å². The second kappa shape index (κ2) is 10.2. The highest BCUT2D eigenvalue weighted by Gasteiger charge is 2.40. The number of carbonyl (C=O) groups is 2. The average Bonchev–Trinajstić information content (AvgIpc) is 3.13. The Kier molecular flexibility index (Phi) is 7.38. The fourth-order valence-electron chi connectivity index (χ4n) is 4.23. The van der Waals surface area contributed by atoms with Crippen LogP contribution in [-0.4, -0.2) is 71.0 Å². The first-order valence-corrected chi connectivity index (χ1v) is 12.3. The van der Waals surface area contributed by atoms with Crippen molar-refractivity contribution in [3.05, 3.63) is 70.5 Å². The van der Waals surface area contributed by atoms with Crippen LogP contribution in [0.1, 0.15) is 34.6 Å². The molecule has 5 nitrogen and oxygen atoms in total. The molecule has 2 fully saturated rings. The number of amides is 2. The first kappa shape index (κ1) is 23.1. The standard InChI is InChI=1S/C24H27ClFN3O2S/c1-2-21-23(31)29(24(32-21)19-8-3-4-9-20(19)25)15-12-27-10-13-28(14-11-27)22(30)17-6-5-7-18(26)16-17/h3-9,16,21,24H,2,10-15H2,1H3. The zero-order valence-corrected chi connectivity index (χ0v) is 19.6. The van der Waals surface area contributed by atoms with Gasteiger partial charge in [0.2, 0.25) is 5.91 Å². The van der Waals surface area contributed by atoms with Gasteiger partial charge >= 0.3 is 0 Å². The van der Waals surface area contributed by atoms with Crippen LogP contribution in [0, 0.1) is 5.82 Å². The van der Waals surface area contributed by atoms with Gasteiger partial charge in [-0.15, -0.1) is 11.8 Å². The van der Waals surface area contributed by atoms with Crippen LogP contribution >= 0.6 is 23.4 Å². The van der Waals surface area contributed by atoms with E-state index in [1.807, 2.05) is 36.1 Å². The molecule has 2 saturated heterocycles. The summed E-state index contributed by atoms with van der Waals surface area (Å²) in [4.78, 5) is 31.6. The highest BCUT2D eigenvalue weighted by molar-refractivity contribution is 8.01. The molecule has 2 aliphatic rings. The lowest BCUT2D eigenvalue weighted by Gasteiger charge is -2.36. The molecule has 32 heavy (non-hydrogen) atoms. The molecule has 0 N–H and O–H groups in total. The SMILES string of the molecule is CCC1SC(c2ccccc2Cl)N(CCN2CCN(C(=O)c3cccc(F)c3)CC2)C1=O. The molecular formula is C24H27ClFN3O2S. The van der Waals surface area contributed by atoms with Gasteiger partial charge in [-0.25, -0.2) is 4.39 Å². The monoisotopic (exact) mass is 475 g/mol. The van der Waals surface area contributed by atoms with Gasteiger partial charge in [0.15, 0.2) is 0 Å². The zero-order chi connectivity index (χ0) is 22.7. The highest BCUT2D eigenvalue weighted by atomic mass is 35.5. The van der Waals surface area contributed by atoms with Crippen LogP contribution in [0.5, 0.6) is 0 Å². The number of hydrogen-bond donors (Lipinski definition) is 0. The lowest BCUT2D eigenvalue weighted by Crippen LogP contribution is -2.50. The Morgan fingerprint density at radius 2 is 1.84 bits per heavy atom. The molecule has 170 valence electrons. The molecular weight excluding hydrogens is 449 g/mol. The summed E-state index contributed by atoms with van der Waals surface area (Å²) in [5.74, 6) is -0.372. The van der Waals surface area contributed by atoms with Crippen molar-refractivity contribution in [1.82, 2.24) is 14.7 Å². The maximum absolute atomic E-state index is 13.4. The summed E-state index contributed by atoms with van der Waals surface area (Å²) in [5, 5.41) is 0.568. The summed E-state index contributed by atoms with van der Waals surface area (Å²) in [7, 11) is 0. The molecule has 0 aromatic heterocycles. The lowest BCUT2D eigenvalue weighted by atomic mass is 10.1. The van der Waals surface area contributed by atoms with Gasteiger partial charge in [0, 0.05) is 55.4 Å². The van der Waals surface area contributed by atoms with E-state index in [9.17, 15) is 14.0 Å². The molecule has 0 spiro atoms. The minimum absolute atomic E-state index is 0.0444. The number of hydrogen-bond acceptors (Lipinski definition) is 4. The molecule has 8 heteroatoms. The van der Waals surface area contributed by atoms with Crippen molar-refractivity contribution in [2.45, 2.75) is 24.0 Å². The minimum Gasteiger partial charge on any atom is -0.336 e. The van der Waals surface area contributed by atoms with Crippen LogP contribution in [0.2, 0.25) is 5.02 Å². The van der Waals surface area contributed by atoms with E-state index in [0.717, 1.165) is 31.6 Å². The Labute approximate surface area is 197 Å². The average molecular weight is 476 g/mol. The van der Waals surface area contributed by atoms with Crippen LogP contribution in [0.15, 0.2) is 48.5 Å². The van der Waals surface area contributed by atoms with Crippen molar-refractivity contribution in [1.29, 1.82) is 0 Å². The van der Waals surface area contributed by atoms with E-state index in [1.54, 1.807) is 28.8 Å². The van der Waals surface area contributed by atoms with E-state index in [-0.39, 0.29) is 22.4 Å². The third-order valence-corrected chi connectivity index (χ3v) is 8.04. The van der Waals surface area contributed by atoms with Gasteiger partial charge < -0.3 is 9.80 Å². The summed E-state index contributed by atoms with van der Waals surface area (Å²) in [5.41, 5.74) is 1.36. The largest absolute Gasteiger partial charge is 0.336 e. The highest BCUT2D eigenvalue weighted by Crippen LogP contribution is 2.45. The maximum Gasteiger partial charge on any atom is 0.254 e. The fraction of sp³-hybridized carbons (Fsp3) is 0.417. The summed E-state index contributed by atoms with van der Waals surface area (Å²) >= 11 is 8.11. The molecule has 2 unspecified atom stereocenters. The molecule has 2 amide bonds. The number of thioether (sulfide) groups is 1. The van der Waals surface area contributed by atoms with Crippen molar-refractivity contribution in [3.63, 3.8) is 0 Å². The predicted molar refractivity (Wildman–Crippen MR) is 126 cm³/mol. The van der Waals surface area contributed by atoms with E-state index in [2.05, 4.69) is 4.90 Å². The first-order chi connectivity index (χ1) is 15.5. The van der Waals surface area contributed by atoms with Crippen molar-refractivity contribution in [2.75, 3.05) is 39.3 Å². The molecule has 2 aromatic rings. The molecule has 2 aromatic carbocycles. The normalized spacial score (nSPS) is 21.9. The number of piperazine rings is 1. The second-order valence-corrected chi connectivity index (χ2v) is 9.78. The zero-order valence-electron chi connectivity index (χ0n) is 18.0. The molecule has 2 aliphatic heterocycles. The van der Waals surface area contributed by atoms with E-state index >= 15 is 0 Å². The summed E-state index contributed by atoms with van der Waals surface area (Å²) in [6.07, 6.45) is 0.793. The van der Waals surface area contributed by atoms with Gasteiger partial charge in [0.25, 0.3) is 5.91 Å². The minimum atomic E-state index is -0.402. The third kappa shape index (κ3) is 4.95. The Bertz CT molecular complexity index is 983. The van der Waals surface area contributed by atoms with Gasteiger partial charge in [-0.3, -0.25) is 14.5 Å². The van der Waals surface area contributed by atoms with E-state index < -0.39 is 5.82 Å². The topological polar surface area (TPSA) is 43.9 Å². The predicted octanol–water partition coefficient (Wildman–Crippen LogP) is 4.29. The Morgan fingerprint density at radius 3 is 2.53 bits per heavy atom. The molecule has 2 atom stereocenters. The number of halogens is 2. The van der Waals surface area contributed by atoms with Gasteiger partial charge in [0.05, 0.1) is 5.25 Å². The van der Waals surface area contributed by atoms with E-state index in [4.69, 9.17) is 11.6 Å². The Morgan fingerprint density at radius 1 is 1.09 bits per heavy atom. The number of benzene rings is 2. The van der Waals surface area contributed by atoms with Crippen molar-refractivity contribution >= 4 is 35.2 Å². The first-order valence-electron chi connectivity index (χ1n) is 11.0. The maximum atomic E-state index is 13.4. The molecule has 4 rings (SSSR count).